The van der Waals surface area contributed by atoms with Crippen molar-refractivity contribution in [3.8, 4) is 0 Å². The monoisotopic (exact) mass is 269 g/mol. The van der Waals surface area contributed by atoms with Crippen LogP contribution < -0.4 is 5.32 Å². The summed E-state index contributed by atoms with van der Waals surface area (Å²) in [6, 6.07) is 0.564. The molecule has 114 valence electrons. The van der Waals surface area contributed by atoms with Gasteiger partial charge in [-0.3, -0.25) is 0 Å². The van der Waals surface area contributed by atoms with Crippen molar-refractivity contribution in [1.29, 1.82) is 0 Å². The van der Waals surface area contributed by atoms with E-state index >= 15 is 0 Å². The van der Waals surface area contributed by atoms with Gasteiger partial charge in [0.15, 0.2) is 0 Å². The smallest absolute Gasteiger partial charge is 0.0772 e. The quantitative estimate of drug-likeness (QED) is 0.728. The maximum absolute atomic E-state index is 10.7. The molecule has 2 unspecified atom stereocenters. The van der Waals surface area contributed by atoms with Crippen LogP contribution in [0.1, 0.15) is 79.6 Å². The zero-order chi connectivity index (χ0) is 14.5. The van der Waals surface area contributed by atoms with Gasteiger partial charge in [0.2, 0.25) is 0 Å². The van der Waals surface area contributed by atoms with Crippen LogP contribution in [0.4, 0.5) is 0 Å². The Labute approximate surface area is 120 Å². The number of hydrogen-bond acceptors (Lipinski definition) is 2. The summed E-state index contributed by atoms with van der Waals surface area (Å²) in [6.45, 7) is 12.2. The summed E-state index contributed by atoms with van der Waals surface area (Å²) in [5, 5.41) is 14.3. The van der Waals surface area contributed by atoms with Gasteiger partial charge < -0.3 is 10.4 Å². The Bertz CT molecular complexity index is 252. The van der Waals surface area contributed by atoms with E-state index in [1.807, 2.05) is 0 Å². The Hall–Kier alpha value is -0.0800. The molecule has 19 heavy (non-hydrogen) atoms. The van der Waals surface area contributed by atoms with Crippen LogP contribution in [0.15, 0.2) is 0 Å². The van der Waals surface area contributed by atoms with Crippen LogP contribution in [0.2, 0.25) is 0 Å². The first-order chi connectivity index (χ1) is 8.80. The van der Waals surface area contributed by atoms with Gasteiger partial charge in [0.05, 0.1) is 5.60 Å². The Morgan fingerprint density at radius 1 is 1.05 bits per heavy atom. The van der Waals surface area contributed by atoms with Crippen LogP contribution in [0.25, 0.3) is 0 Å². The third kappa shape index (κ3) is 5.83. The Balaban J connectivity index is 2.37. The van der Waals surface area contributed by atoms with Gasteiger partial charge in [-0.2, -0.15) is 0 Å². The van der Waals surface area contributed by atoms with Crippen LogP contribution in [0.3, 0.4) is 0 Å². The van der Waals surface area contributed by atoms with E-state index in [-0.39, 0.29) is 0 Å². The van der Waals surface area contributed by atoms with Crippen molar-refractivity contribution in [2.45, 2.75) is 91.2 Å². The van der Waals surface area contributed by atoms with Crippen molar-refractivity contribution >= 4 is 0 Å². The van der Waals surface area contributed by atoms with Crippen LogP contribution >= 0.6 is 0 Å². The summed E-state index contributed by atoms with van der Waals surface area (Å²) < 4.78 is 0. The zero-order valence-corrected chi connectivity index (χ0v) is 13.8. The lowest BCUT2D eigenvalue weighted by Gasteiger charge is -2.41. The normalized spacial score (nSPS) is 24.9. The standard InChI is InChI=1S/C17H35NO/c1-6-14(3)12-15(7-2)18-13-17(19)10-8-16(4,5)9-11-17/h14-15,18-19H,6-13H2,1-5H3. The third-order valence-corrected chi connectivity index (χ3v) is 5.13. The number of rotatable bonds is 7. The van der Waals surface area contributed by atoms with Gasteiger partial charge in [-0.15, -0.1) is 0 Å². The molecule has 2 heteroatoms. The molecule has 2 atom stereocenters. The highest BCUT2D eigenvalue weighted by molar-refractivity contribution is 4.91. The summed E-state index contributed by atoms with van der Waals surface area (Å²) in [5.41, 5.74) is -0.0362. The molecule has 0 spiro atoms. The van der Waals surface area contributed by atoms with E-state index in [0.717, 1.165) is 44.6 Å². The highest BCUT2D eigenvalue weighted by Gasteiger charge is 2.36. The predicted octanol–water partition coefficient (Wildman–Crippen LogP) is 4.12. The van der Waals surface area contributed by atoms with Gasteiger partial charge in [0.1, 0.15) is 0 Å². The number of hydrogen-bond donors (Lipinski definition) is 2. The molecule has 0 aromatic carbocycles. The summed E-state index contributed by atoms with van der Waals surface area (Å²) in [4.78, 5) is 0. The van der Waals surface area contributed by atoms with Crippen molar-refractivity contribution in [3.05, 3.63) is 0 Å². The maximum atomic E-state index is 10.7. The molecular formula is C17H35NO. The second-order valence-electron chi connectivity index (χ2n) is 7.62. The molecule has 0 aromatic heterocycles. The fourth-order valence-electron chi connectivity index (χ4n) is 2.95. The Morgan fingerprint density at radius 3 is 2.11 bits per heavy atom. The minimum absolute atomic E-state index is 0.424. The van der Waals surface area contributed by atoms with E-state index < -0.39 is 5.60 Å². The topological polar surface area (TPSA) is 32.3 Å². The SMILES string of the molecule is CCC(C)CC(CC)NCC1(O)CCC(C)(C)CC1. The van der Waals surface area contributed by atoms with Crippen LogP contribution in [-0.2, 0) is 0 Å². The molecule has 1 saturated carbocycles. The molecule has 0 aromatic rings. The predicted molar refractivity (Wildman–Crippen MR) is 83.4 cm³/mol. The average Bonchev–Trinajstić information content (AvgIpc) is 2.38. The summed E-state index contributed by atoms with van der Waals surface area (Å²) in [6.07, 6.45) is 7.83. The minimum Gasteiger partial charge on any atom is -0.389 e. The van der Waals surface area contributed by atoms with Crippen molar-refractivity contribution in [2.24, 2.45) is 11.3 Å². The zero-order valence-electron chi connectivity index (χ0n) is 13.8. The Morgan fingerprint density at radius 2 is 1.63 bits per heavy atom. The first-order valence-corrected chi connectivity index (χ1v) is 8.26. The van der Waals surface area contributed by atoms with Gasteiger partial charge in [-0.25, -0.2) is 0 Å². The van der Waals surface area contributed by atoms with Crippen LogP contribution in [0.5, 0.6) is 0 Å². The molecule has 2 N–H and O–H groups in total. The van der Waals surface area contributed by atoms with E-state index in [1.165, 1.54) is 12.8 Å². The molecule has 1 aliphatic rings. The van der Waals surface area contributed by atoms with Crippen molar-refractivity contribution in [1.82, 2.24) is 5.32 Å². The van der Waals surface area contributed by atoms with Crippen LogP contribution in [0, 0.1) is 11.3 Å². The number of aliphatic hydroxyl groups is 1. The second-order valence-corrected chi connectivity index (χ2v) is 7.62. The molecule has 1 aliphatic carbocycles. The number of nitrogens with one attached hydrogen (secondary N) is 1. The molecule has 1 fully saturated rings. The van der Waals surface area contributed by atoms with Gasteiger partial charge in [0, 0.05) is 12.6 Å². The van der Waals surface area contributed by atoms with E-state index in [0.29, 0.717) is 11.5 Å². The lowest BCUT2D eigenvalue weighted by molar-refractivity contribution is -0.0265. The molecule has 2 nitrogen and oxygen atoms in total. The van der Waals surface area contributed by atoms with E-state index in [1.54, 1.807) is 0 Å². The molecule has 0 radical (unpaired) electrons. The molecular weight excluding hydrogens is 234 g/mol. The summed E-state index contributed by atoms with van der Waals surface area (Å²) >= 11 is 0. The van der Waals surface area contributed by atoms with Gasteiger partial charge in [-0.05, 0) is 49.9 Å². The van der Waals surface area contributed by atoms with Crippen LogP contribution in [-0.4, -0.2) is 23.3 Å². The summed E-state index contributed by atoms with van der Waals surface area (Å²) in [5.74, 6) is 0.775. The van der Waals surface area contributed by atoms with Crippen molar-refractivity contribution < 1.29 is 5.11 Å². The first-order valence-electron chi connectivity index (χ1n) is 8.26. The summed E-state index contributed by atoms with van der Waals surface area (Å²) in [7, 11) is 0. The molecule has 0 aliphatic heterocycles. The molecule has 0 heterocycles. The van der Waals surface area contributed by atoms with Crippen molar-refractivity contribution in [2.75, 3.05) is 6.54 Å². The van der Waals surface area contributed by atoms with E-state index in [2.05, 4.69) is 39.9 Å². The molecule has 0 amide bonds. The lowest BCUT2D eigenvalue weighted by atomic mass is 9.71. The first kappa shape index (κ1) is 17.0. The maximum Gasteiger partial charge on any atom is 0.0772 e. The minimum atomic E-state index is -0.460. The lowest BCUT2D eigenvalue weighted by Crippen LogP contribution is -2.47. The second kappa shape index (κ2) is 7.08. The van der Waals surface area contributed by atoms with E-state index in [9.17, 15) is 5.11 Å². The highest BCUT2D eigenvalue weighted by Crippen LogP contribution is 2.39. The molecule has 0 saturated heterocycles. The van der Waals surface area contributed by atoms with Gasteiger partial charge >= 0.3 is 0 Å². The van der Waals surface area contributed by atoms with Gasteiger partial charge in [0.25, 0.3) is 0 Å². The highest BCUT2D eigenvalue weighted by atomic mass is 16.3. The fraction of sp³-hybridized carbons (Fsp3) is 1.00. The van der Waals surface area contributed by atoms with Crippen molar-refractivity contribution in [3.63, 3.8) is 0 Å². The van der Waals surface area contributed by atoms with Gasteiger partial charge in [-0.1, -0.05) is 41.0 Å². The average molecular weight is 269 g/mol. The largest absolute Gasteiger partial charge is 0.389 e. The van der Waals surface area contributed by atoms with E-state index in [4.69, 9.17) is 0 Å². The Kier molecular flexibility index (Phi) is 6.32. The third-order valence-electron chi connectivity index (χ3n) is 5.13. The molecule has 1 rings (SSSR count). The molecule has 0 bridgehead atoms. The fourth-order valence-corrected chi connectivity index (χ4v) is 2.95.